The van der Waals surface area contributed by atoms with E-state index < -0.39 is 0 Å². The second-order valence-corrected chi connectivity index (χ2v) is 7.44. The van der Waals surface area contributed by atoms with Crippen molar-refractivity contribution in [2.75, 3.05) is 33.2 Å². The van der Waals surface area contributed by atoms with Gasteiger partial charge in [0.1, 0.15) is 0 Å². The lowest BCUT2D eigenvalue weighted by Crippen LogP contribution is -2.42. The molecule has 0 radical (unpaired) electrons. The van der Waals surface area contributed by atoms with E-state index in [0.29, 0.717) is 5.41 Å². The van der Waals surface area contributed by atoms with Crippen LogP contribution in [0.2, 0.25) is 0 Å². The molecule has 2 heteroatoms. The molecule has 0 saturated heterocycles. The van der Waals surface area contributed by atoms with Crippen LogP contribution in [-0.2, 0) is 0 Å². The van der Waals surface area contributed by atoms with E-state index in [0.717, 1.165) is 12.5 Å². The van der Waals surface area contributed by atoms with E-state index in [-0.39, 0.29) is 0 Å². The van der Waals surface area contributed by atoms with Crippen LogP contribution in [0.3, 0.4) is 0 Å². The van der Waals surface area contributed by atoms with Crippen LogP contribution in [0.25, 0.3) is 0 Å². The van der Waals surface area contributed by atoms with Crippen molar-refractivity contribution in [3.8, 4) is 0 Å². The minimum atomic E-state index is 0.438. The fourth-order valence-corrected chi connectivity index (χ4v) is 3.92. The molecule has 120 valence electrons. The SMILES string of the molecule is CCCNCC(C)(CCC)CN(C)CC1CCCCC1. The van der Waals surface area contributed by atoms with Gasteiger partial charge in [-0.05, 0) is 50.6 Å². The van der Waals surface area contributed by atoms with Gasteiger partial charge in [-0.1, -0.05) is 46.5 Å². The van der Waals surface area contributed by atoms with Crippen molar-refractivity contribution in [1.29, 1.82) is 0 Å². The summed E-state index contributed by atoms with van der Waals surface area (Å²) >= 11 is 0. The largest absolute Gasteiger partial charge is 0.316 e. The molecule has 2 nitrogen and oxygen atoms in total. The van der Waals surface area contributed by atoms with Crippen molar-refractivity contribution in [2.45, 2.75) is 72.1 Å². The van der Waals surface area contributed by atoms with E-state index in [1.54, 1.807) is 0 Å². The molecule has 0 aromatic rings. The van der Waals surface area contributed by atoms with Crippen LogP contribution in [0, 0.1) is 11.3 Å². The van der Waals surface area contributed by atoms with E-state index in [9.17, 15) is 0 Å². The van der Waals surface area contributed by atoms with Gasteiger partial charge in [0.05, 0.1) is 0 Å². The fraction of sp³-hybridized carbons (Fsp3) is 1.00. The zero-order chi connectivity index (χ0) is 14.8. The van der Waals surface area contributed by atoms with Crippen LogP contribution in [0.1, 0.15) is 72.1 Å². The van der Waals surface area contributed by atoms with Gasteiger partial charge in [0, 0.05) is 19.6 Å². The maximum atomic E-state index is 3.64. The summed E-state index contributed by atoms with van der Waals surface area (Å²) in [6, 6.07) is 0. The van der Waals surface area contributed by atoms with Gasteiger partial charge in [-0.25, -0.2) is 0 Å². The number of nitrogens with one attached hydrogen (secondary N) is 1. The van der Waals surface area contributed by atoms with Crippen LogP contribution in [0.4, 0.5) is 0 Å². The van der Waals surface area contributed by atoms with Gasteiger partial charge in [0.15, 0.2) is 0 Å². The molecule has 0 amide bonds. The topological polar surface area (TPSA) is 15.3 Å². The van der Waals surface area contributed by atoms with Crippen LogP contribution in [0.15, 0.2) is 0 Å². The summed E-state index contributed by atoms with van der Waals surface area (Å²) in [5.74, 6) is 0.961. The minimum Gasteiger partial charge on any atom is -0.316 e. The molecule has 1 atom stereocenters. The molecule has 1 aliphatic rings. The molecule has 0 aromatic carbocycles. The highest BCUT2D eigenvalue weighted by Gasteiger charge is 2.26. The molecule has 0 heterocycles. The molecule has 0 bridgehead atoms. The van der Waals surface area contributed by atoms with Gasteiger partial charge >= 0.3 is 0 Å². The van der Waals surface area contributed by atoms with E-state index in [1.807, 2.05) is 0 Å². The summed E-state index contributed by atoms with van der Waals surface area (Å²) in [6.07, 6.45) is 11.2. The first-order valence-electron chi connectivity index (χ1n) is 8.99. The highest BCUT2D eigenvalue weighted by atomic mass is 15.1. The molecule has 20 heavy (non-hydrogen) atoms. The molecule has 0 spiro atoms. The normalized spacial score (nSPS) is 20.2. The molecule has 1 unspecified atom stereocenters. The summed E-state index contributed by atoms with van der Waals surface area (Å²) in [6.45, 7) is 11.9. The lowest BCUT2D eigenvalue weighted by Gasteiger charge is -2.36. The van der Waals surface area contributed by atoms with Gasteiger partial charge in [-0.3, -0.25) is 0 Å². The van der Waals surface area contributed by atoms with E-state index in [1.165, 1.54) is 71.0 Å². The Morgan fingerprint density at radius 1 is 1.10 bits per heavy atom. The van der Waals surface area contributed by atoms with Gasteiger partial charge < -0.3 is 10.2 Å². The number of hydrogen-bond donors (Lipinski definition) is 1. The van der Waals surface area contributed by atoms with Crippen molar-refractivity contribution in [3.63, 3.8) is 0 Å². The van der Waals surface area contributed by atoms with Crippen molar-refractivity contribution >= 4 is 0 Å². The summed E-state index contributed by atoms with van der Waals surface area (Å²) in [7, 11) is 2.34. The Morgan fingerprint density at radius 3 is 2.40 bits per heavy atom. The van der Waals surface area contributed by atoms with Crippen molar-refractivity contribution < 1.29 is 0 Å². The van der Waals surface area contributed by atoms with Gasteiger partial charge in [-0.2, -0.15) is 0 Å². The highest BCUT2D eigenvalue weighted by molar-refractivity contribution is 4.81. The number of rotatable bonds is 10. The third kappa shape index (κ3) is 7.08. The smallest absolute Gasteiger partial charge is 0.00445 e. The first kappa shape index (κ1) is 18.0. The van der Waals surface area contributed by atoms with Crippen molar-refractivity contribution in [3.05, 3.63) is 0 Å². The number of nitrogens with zero attached hydrogens (tertiary/aromatic N) is 1. The monoisotopic (exact) mass is 282 g/mol. The van der Waals surface area contributed by atoms with Crippen LogP contribution in [-0.4, -0.2) is 38.1 Å². The third-order valence-corrected chi connectivity index (χ3v) is 4.78. The molecule has 1 fully saturated rings. The molecule has 1 saturated carbocycles. The molecule has 1 N–H and O–H groups in total. The zero-order valence-corrected chi connectivity index (χ0v) is 14.5. The van der Waals surface area contributed by atoms with Crippen LogP contribution in [0.5, 0.6) is 0 Å². The van der Waals surface area contributed by atoms with Crippen molar-refractivity contribution in [2.24, 2.45) is 11.3 Å². The third-order valence-electron chi connectivity index (χ3n) is 4.78. The average Bonchev–Trinajstić information content (AvgIpc) is 2.40. The second-order valence-electron chi connectivity index (χ2n) is 7.44. The maximum Gasteiger partial charge on any atom is 0.00445 e. The van der Waals surface area contributed by atoms with Gasteiger partial charge in [-0.15, -0.1) is 0 Å². The summed E-state index contributed by atoms with van der Waals surface area (Å²) < 4.78 is 0. The Kier molecular flexibility index (Phi) is 8.79. The maximum absolute atomic E-state index is 3.64. The Morgan fingerprint density at radius 2 is 1.80 bits per heavy atom. The minimum absolute atomic E-state index is 0.438. The van der Waals surface area contributed by atoms with Gasteiger partial charge in [0.25, 0.3) is 0 Å². The summed E-state index contributed by atoms with van der Waals surface area (Å²) in [5, 5.41) is 3.64. The predicted molar refractivity (Wildman–Crippen MR) is 90.2 cm³/mol. The first-order chi connectivity index (χ1) is 9.59. The Labute approximate surface area is 127 Å². The predicted octanol–water partition coefficient (Wildman–Crippen LogP) is 4.30. The van der Waals surface area contributed by atoms with E-state index in [2.05, 4.69) is 38.0 Å². The number of hydrogen-bond acceptors (Lipinski definition) is 2. The average molecular weight is 283 g/mol. The lowest BCUT2D eigenvalue weighted by atomic mass is 9.84. The highest BCUT2D eigenvalue weighted by Crippen LogP contribution is 2.27. The molecule has 1 aliphatic carbocycles. The molecular formula is C18H38N2. The quantitative estimate of drug-likeness (QED) is 0.601. The molecule has 0 aromatic heterocycles. The molecule has 0 aliphatic heterocycles. The van der Waals surface area contributed by atoms with Crippen molar-refractivity contribution in [1.82, 2.24) is 10.2 Å². The Balaban J connectivity index is 2.37. The lowest BCUT2D eigenvalue weighted by molar-refractivity contribution is 0.146. The Bertz CT molecular complexity index is 236. The summed E-state index contributed by atoms with van der Waals surface area (Å²) in [4.78, 5) is 2.61. The second kappa shape index (κ2) is 9.78. The molecular weight excluding hydrogens is 244 g/mol. The van der Waals surface area contributed by atoms with E-state index in [4.69, 9.17) is 0 Å². The van der Waals surface area contributed by atoms with Gasteiger partial charge in [0.2, 0.25) is 0 Å². The fourth-order valence-electron chi connectivity index (χ4n) is 3.92. The first-order valence-corrected chi connectivity index (χ1v) is 8.99. The van der Waals surface area contributed by atoms with E-state index >= 15 is 0 Å². The zero-order valence-electron chi connectivity index (χ0n) is 14.5. The molecule has 1 rings (SSSR count). The summed E-state index contributed by atoms with van der Waals surface area (Å²) in [5.41, 5.74) is 0.438. The Hall–Kier alpha value is -0.0800. The van der Waals surface area contributed by atoms with Crippen LogP contribution < -0.4 is 5.32 Å². The van der Waals surface area contributed by atoms with Crippen LogP contribution >= 0.6 is 0 Å². The standard InChI is InChI=1S/C18H38N2/c1-5-12-18(3,15-19-13-6-2)16-20(4)14-17-10-8-7-9-11-17/h17,19H,5-16H2,1-4H3.